The van der Waals surface area contributed by atoms with Gasteiger partial charge in [0, 0.05) is 17.0 Å². The van der Waals surface area contributed by atoms with Gasteiger partial charge in [-0.2, -0.15) is 0 Å². The van der Waals surface area contributed by atoms with Crippen LogP contribution in [-0.4, -0.2) is 17.0 Å². The molecule has 2 heterocycles. The van der Waals surface area contributed by atoms with Crippen molar-refractivity contribution in [1.29, 1.82) is 0 Å². The fourth-order valence-corrected chi connectivity index (χ4v) is 2.49. The Morgan fingerprint density at radius 2 is 1.95 bits per heavy atom. The maximum atomic E-state index is 12.2. The number of rotatable bonds is 2. The normalized spacial score (nSPS) is 11.1. The number of benzene rings is 1. The van der Waals surface area contributed by atoms with Gasteiger partial charge in [0.1, 0.15) is 5.69 Å². The van der Waals surface area contributed by atoms with Crippen LogP contribution in [-0.2, 0) is 4.74 Å². The lowest BCUT2D eigenvalue weighted by Gasteiger charge is -2.03. The molecule has 2 aromatic heterocycles. The molecule has 0 fully saturated rings. The number of carbonyl (C=O) groups excluding carboxylic acids is 1. The second-order valence-corrected chi connectivity index (χ2v) is 4.65. The highest BCUT2D eigenvalue weighted by molar-refractivity contribution is 6.30. The number of pyridine rings is 1. The van der Waals surface area contributed by atoms with Gasteiger partial charge in [-0.05, 0) is 19.1 Å². The summed E-state index contributed by atoms with van der Waals surface area (Å²) in [6.45, 7) is 2.14. The molecule has 96 valence electrons. The summed E-state index contributed by atoms with van der Waals surface area (Å²) in [5.41, 5.74) is 1.47. The molecule has 0 bridgehead atoms. The van der Waals surface area contributed by atoms with E-state index < -0.39 is 0 Å². The number of carbonyl (C=O) groups is 1. The smallest absolute Gasteiger partial charge is 0.355 e. The molecule has 1 aromatic carbocycles. The minimum atomic E-state index is -0.332. The lowest BCUT2D eigenvalue weighted by atomic mass is 10.1. The van der Waals surface area contributed by atoms with Crippen LogP contribution in [0.3, 0.4) is 0 Å². The average Bonchev–Trinajstić information content (AvgIpc) is 2.72. The van der Waals surface area contributed by atoms with Crippen LogP contribution in [0, 0.1) is 0 Å². The second-order valence-electron chi connectivity index (χ2n) is 4.22. The molecule has 19 heavy (non-hydrogen) atoms. The molecule has 0 radical (unpaired) electrons. The van der Waals surface area contributed by atoms with Crippen LogP contribution in [0.2, 0.25) is 5.02 Å². The molecular formula is C15H12ClNO2. The third-order valence-electron chi connectivity index (χ3n) is 3.08. The summed E-state index contributed by atoms with van der Waals surface area (Å²) in [6.07, 6.45) is 1.74. The van der Waals surface area contributed by atoms with Crippen molar-refractivity contribution < 1.29 is 9.53 Å². The predicted octanol–water partition coefficient (Wildman–Crippen LogP) is 3.92. The van der Waals surface area contributed by atoms with Crippen LogP contribution in [0.25, 0.3) is 16.3 Å². The van der Waals surface area contributed by atoms with E-state index in [-0.39, 0.29) is 5.97 Å². The number of esters is 1. The molecule has 0 unspecified atom stereocenters. The predicted molar refractivity (Wildman–Crippen MR) is 75.9 cm³/mol. The van der Waals surface area contributed by atoms with E-state index in [4.69, 9.17) is 16.3 Å². The van der Waals surface area contributed by atoms with Gasteiger partial charge in [0.25, 0.3) is 0 Å². The summed E-state index contributed by atoms with van der Waals surface area (Å²) < 4.78 is 6.94. The Labute approximate surface area is 115 Å². The largest absolute Gasteiger partial charge is 0.461 e. The zero-order chi connectivity index (χ0) is 13.4. The molecule has 0 aliphatic heterocycles. The van der Waals surface area contributed by atoms with Gasteiger partial charge < -0.3 is 9.14 Å². The van der Waals surface area contributed by atoms with Gasteiger partial charge in [0.15, 0.2) is 0 Å². The molecule has 0 aliphatic carbocycles. The van der Waals surface area contributed by atoms with E-state index in [9.17, 15) is 4.79 Å². The topological polar surface area (TPSA) is 30.7 Å². The summed E-state index contributed by atoms with van der Waals surface area (Å²) in [7, 11) is 0. The molecule has 0 aliphatic rings. The van der Waals surface area contributed by atoms with Crippen molar-refractivity contribution in [1.82, 2.24) is 4.40 Å². The van der Waals surface area contributed by atoms with Crippen LogP contribution >= 0.6 is 11.6 Å². The van der Waals surface area contributed by atoms with Crippen molar-refractivity contribution in [2.75, 3.05) is 6.61 Å². The van der Waals surface area contributed by atoms with E-state index >= 15 is 0 Å². The Morgan fingerprint density at radius 3 is 2.68 bits per heavy atom. The van der Waals surface area contributed by atoms with Gasteiger partial charge in [-0.3, -0.25) is 0 Å². The molecule has 0 atom stereocenters. The van der Waals surface area contributed by atoms with Crippen LogP contribution in [0.15, 0.2) is 42.6 Å². The van der Waals surface area contributed by atoms with Gasteiger partial charge >= 0.3 is 5.97 Å². The lowest BCUT2D eigenvalue weighted by Crippen LogP contribution is -2.08. The summed E-state index contributed by atoms with van der Waals surface area (Å²) in [6, 6.07) is 11.5. The average molecular weight is 274 g/mol. The Kier molecular flexibility index (Phi) is 2.91. The first kappa shape index (κ1) is 12.1. The fraction of sp³-hybridized carbons (Fsp3) is 0.133. The van der Waals surface area contributed by atoms with Gasteiger partial charge in [-0.25, -0.2) is 4.79 Å². The zero-order valence-corrected chi connectivity index (χ0v) is 11.1. The maximum absolute atomic E-state index is 12.2. The molecule has 0 saturated carbocycles. The quantitative estimate of drug-likeness (QED) is 0.663. The third-order valence-corrected chi connectivity index (χ3v) is 3.30. The Morgan fingerprint density at radius 1 is 1.21 bits per heavy atom. The monoisotopic (exact) mass is 273 g/mol. The number of halogens is 1. The maximum Gasteiger partial charge on any atom is 0.355 e. The van der Waals surface area contributed by atoms with Crippen molar-refractivity contribution in [2.24, 2.45) is 0 Å². The Bertz CT molecular complexity index is 776. The second kappa shape index (κ2) is 4.59. The van der Waals surface area contributed by atoms with E-state index in [2.05, 4.69) is 0 Å². The van der Waals surface area contributed by atoms with Crippen LogP contribution in [0.5, 0.6) is 0 Å². The number of ether oxygens (including phenoxy) is 1. The molecule has 0 N–H and O–H groups in total. The van der Waals surface area contributed by atoms with Crippen molar-refractivity contribution in [2.45, 2.75) is 6.92 Å². The Balaban J connectivity index is 2.43. The highest BCUT2D eigenvalue weighted by Gasteiger charge is 2.18. The summed E-state index contributed by atoms with van der Waals surface area (Å²) >= 11 is 6.03. The fourth-order valence-electron chi connectivity index (χ4n) is 2.33. The third kappa shape index (κ3) is 1.87. The lowest BCUT2D eigenvalue weighted by molar-refractivity contribution is 0.0521. The minimum absolute atomic E-state index is 0.332. The standard InChI is InChI=1S/C15H12ClNO2/c1-2-19-15(18)14-12-6-4-3-5-11(12)13-8-7-10(16)9-17(13)14/h3-9H,2H2,1H3. The molecule has 4 heteroatoms. The van der Waals surface area contributed by atoms with Crippen LogP contribution in [0.4, 0.5) is 0 Å². The van der Waals surface area contributed by atoms with Gasteiger partial charge in [-0.1, -0.05) is 35.9 Å². The van der Waals surface area contributed by atoms with E-state index in [0.717, 1.165) is 16.3 Å². The number of hydrogen-bond acceptors (Lipinski definition) is 2. The minimum Gasteiger partial charge on any atom is -0.461 e. The SMILES string of the molecule is CCOC(=O)c1c2ccccc2c2ccc(Cl)cn12. The van der Waals surface area contributed by atoms with E-state index in [1.54, 1.807) is 17.5 Å². The molecule has 3 nitrogen and oxygen atoms in total. The summed E-state index contributed by atoms with van der Waals surface area (Å²) in [4.78, 5) is 12.2. The van der Waals surface area contributed by atoms with Crippen molar-refractivity contribution >= 4 is 33.9 Å². The first-order valence-corrected chi connectivity index (χ1v) is 6.45. The molecule has 3 aromatic rings. The zero-order valence-electron chi connectivity index (χ0n) is 10.4. The highest BCUT2D eigenvalue weighted by atomic mass is 35.5. The first-order chi connectivity index (χ1) is 9.22. The highest BCUT2D eigenvalue weighted by Crippen LogP contribution is 2.28. The molecular weight excluding hydrogens is 262 g/mol. The number of nitrogens with zero attached hydrogens (tertiary/aromatic N) is 1. The van der Waals surface area contributed by atoms with Crippen LogP contribution < -0.4 is 0 Å². The van der Waals surface area contributed by atoms with Crippen molar-refractivity contribution in [3.63, 3.8) is 0 Å². The number of fused-ring (bicyclic) bond motifs is 3. The van der Waals surface area contributed by atoms with E-state index in [0.29, 0.717) is 17.3 Å². The molecule has 0 spiro atoms. The molecule has 0 amide bonds. The number of hydrogen-bond donors (Lipinski definition) is 0. The van der Waals surface area contributed by atoms with Crippen molar-refractivity contribution in [3.05, 3.63) is 53.3 Å². The summed E-state index contributed by atoms with van der Waals surface area (Å²) in [5, 5.41) is 2.48. The Hall–Kier alpha value is -2.00. The number of aromatic nitrogens is 1. The molecule has 0 saturated heterocycles. The van der Waals surface area contributed by atoms with E-state index in [1.165, 1.54) is 0 Å². The van der Waals surface area contributed by atoms with Gasteiger partial charge in [0.05, 0.1) is 17.1 Å². The first-order valence-electron chi connectivity index (χ1n) is 6.08. The van der Waals surface area contributed by atoms with Gasteiger partial charge in [-0.15, -0.1) is 0 Å². The molecule has 3 rings (SSSR count). The van der Waals surface area contributed by atoms with Crippen LogP contribution in [0.1, 0.15) is 17.4 Å². The van der Waals surface area contributed by atoms with Crippen molar-refractivity contribution in [3.8, 4) is 0 Å². The summed E-state index contributed by atoms with van der Waals surface area (Å²) in [5.74, 6) is -0.332. The van der Waals surface area contributed by atoms with E-state index in [1.807, 2.05) is 36.4 Å². The van der Waals surface area contributed by atoms with Gasteiger partial charge in [0.2, 0.25) is 0 Å².